The molecule has 0 radical (unpaired) electrons. The van der Waals surface area contributed by atoms with Crippen LogP contribution in [0.3, 0.4) is 0 Å². The predicted molar refractivity (Wildman–Crippen MR) is 67.7 cm³/mol. The fraction of sp³-hybridized carbons (Fsp3) is 0.429. The van der Waals surface area contributed by atoms with Crippen molar-refractivity contribution in [3.05, 3.63) is 35.4 Å². The van der Waals surface area contributed by atoms with Crippen LogP contribution in [0.1, 0.15) is 40.0 Å². The van der Waals surface area contributed by atoms with E-state index in [0.717, 1.165) is 0 Å². The Morgan fingerprint density at radius 2 is 1.65 bits per heavy atom. The molecule has 1 saturated carbocycles. The van der Waals surface area contributed by atoms with Crippen molar-refractivity contribution in [3.8, 4) is 0 Å². The quantitative estimate of drug-likeness (QED) is 0.768. The summed E-state index contributed by atoms with van der Waals surface area (Å²) in [5.41, 5.74) is 0.590. The fourth-order valence-corrected chi connectivity index (χ4v) is 2.63. The summed E-state index contributed by atoms with van der Waals surface area (Å²) in [7, 11) is 0. The Kier molecular flexibility index (Phi) is 3.29. The molecule has 2 N–H and O–H groups in total. The molecule has 0 saturated heterocycles. The summed E-state index contributed by atoms with van der Waals surface area (Å²) in [6, 6.07) is 6.47. The summed E-state index contributed by atoms with van der Waals surface area (Å²) in [6.07, 6.45) is -1.07. The molecular formula is C14H15NO5. The molecule has 2 aliphatic rings. The van der Waals surface area contributed by atoms with Crippen LogP contribution >= 0.6 is 0 Å². The molecule has 1 aliphatic heterocycles. The third-order valence-electron chi connectivity index (χ3n) is 3.76. The van der Waals surface area contributed by atoms with Crippen molar-refractivity contribution in [2.45, 2.75) is 37.6 Å². The summed E-state index contributed by atoms with van der Waals surface area (Å²) in [6.45, 7) is 0. The van der Waals surface area contributed by atoms with Gasteiger partial charge in [0.15, 0.2) is 0 Å². The van der Waals surface area contributed by atoms with E-state index in [1.54, 1.807) is 24.3 Å². The van der Waals surface area contributed by atoms with Gasteiger partial charge < -0.3 is 10.2 Å². The van der Waals surface area contributed by atoms with Crippen LogP contribution in [-0.4, -0.2) is 45.4 Å². The van der Waals surface area contributed by atoms with Crippen LogP contribution in [0.15, 0.2) is 24.3 Å². The van der Waals surface area contributed by atoms with E-state index in [2.05, 4.69) is 0 Å². The Hall–Kier alpha value is -1.76. The predicted octanol–water partition coefficient (Wildman–Crippen LogP) is 0.488. The lowest BCUT2D eigenvalue weighted by atomic mass is 9.92. The zero-order chi connectivity index (χ0) is 14.3. The minimum absolute atomic E-state index is 0.295. The van der Waals surface area contributed by atoms with E-state index in [0.29, 0.717) is 35.5 Å². The molecule has 3 atom stereocenters. The van der Waals surface area contributed by atoms with Gasteiger partial charge in [-0.25, -0.2) is 0 Å². The van der Waals surface area contributed by atoms with E-state index in [1.807, 2.05) is 0 Å². The monoisotopic (exact) mass is 277 g/mol. The summed E-state index contributed by atoms with van der Waals surface area (Å²) < 4.78 is 0. The zero-order valence-corrected chi connectivity index (χ0v) is 10.7. The molecule has 3 rings (SSSR count). The molecule has 106 valence electrons. The lowest BCUT2D eigenvalue weighted by Gasteiger charge is -2.32. The number of amides is 2. The Bertz CT molecular complexity index is 523. The Balaban J connectivity index is 1.80. The standard InChI is InChI=1S/C14H15NO5/c16-10-6-3-7-11(12(10)17)20-15-13(18)8-4-1-2-5-9(8)14(15)19/h1-2,4-5,10-12,16-17H,3,6-7H2/t10-,11-,12-/m1/s1. The molecule has 1 aromatic carbocycles. The molecule has 1 fully saturated rings. The molecule has 6 heteroatoms. The van der Waals surface area contributed by atoms with Crippen molar-refractivity contribution < 1.29 is 24.6 Å². The maximum Gasteiger partial charge on any atom is 0.285 e. The first-order valence-corrected chi connectivity index (χ1v) is 6.60. The third-order valence-corrected chi connectivity index (χ3v) is 3.76. The number of carbonyl (C=O) groups excluding carboxylic acids is 2. The van der Waals surface area contributed by atoms with Gasteiger partial charge in [0.25, 0.3) is 11.8 Å². The molecule has 1 heterocycles. The van der Waals surface area contributed by atoms with Crippen LogP contribution in [0.2, 0.25) is 0 Å². The summed E-state index contributed by atoms with van der Waals surface area (Å²) in [5, 5.41) is 20.2. The minimum atomic E-state index is -1.09. The maximum absolute atomic E-state index is 12.1. The molecule has 0 bridgehead atoms. The van der Waals surface area contributed by atoms with Crippen molar-refractivity contribution in [3.63, 3.8) is 0 Å². The van der Waals surface area contributed by atoms with Crippen LogP contribution in [0.4, 0.5) is 0 Å². The molecule has 0 spiro atoms. The second-order valence-corrected chi connectivity index (χ2v) is 5.08. The number of imide groups is 1. The van der Waals surface area contributed by atoms with Gasteiger partial charge in [-0.1, -0.05) is 12.1 Å². The van der Waals surface area contributed by atoms with Gasteiger partial charge in [-0.15, -0.1) is 5.06 Å². The molecule has 1 aliphatic carbocycles. The number of rotatable bonds is 2. The Labute approximate surface area is 115 Å². The van der Waals surface area contributed by atoms with E-state index >= 15 is 0 Å². The Morgan fingerprint density at radius 1 is 1.05 bits per heavy atom. The van der Waals surface area contributed by atoms with Gasteiger partial charge in [0.05, 0.1) is 17.2 Å². The largest absolute Gasteiger partial charge is 0.390 e. The van der Waals surface area contributed by atoms with Crippen molar-refractivity contribution in [1.82, 2.24) is 5.06 Å². The Morgan fingerprint density at radius 3 is 2.25 bits per heavy atom. The molecule has 6 nitrogen and oxygen atoms in total. The van der Waals surface area contributed by atoms with Crippen molar-refractivity contribution >= 4 is 11.8 Å². The van der Waals surface area contributed by atoms with E-state index in [1.165, 1.54) is 0 Å². The van der Waals surface area contributed by atoms with Gasteiger partial charge in [0, 0.05) is 0 Å². The zero-order valence-electron chi connectivity index (χ0n) is 10.7. The van der Waals surface area contributed by atoms with Gasteiger partial charge in [-0.05, 0) is 31.4 Å². The molecule has 20 heavy (non-hydrogen) atoms. The molecular weight excluding hydrogens is 262 g/mol. The number of hydroxylamine groups is 2. The van der Waals surface area contributed by atoms with Crippen LogP contribution in [0, 0.1) is 0 Å². The van der Waals surface area contributed by atoms with Crippen molar-refractivity contribution in [2.24, 2.45) is 0 Å². The second-order valence-electron chi connectivity index (χ2n) is 5.08. The van der Waals surface area contributed by atoms with Crippen molar-refractivity contribution in [2.75, 3.05) is 0 Å². The second kappa shape index (κ2) is 4.97. The highest BCUT2D eigenvalue weighted by Crippen LogP contribution is 2.27. The molecule has 2 amide bonds. The van der Waals surface area contributed by atoms with Gasteiger partial charge in [0.1, 0.15) is 12.2 Å². The maximum atomic E-state index is 12.1. The smallest absolute Gasteiger partial charge is 0.285 e. The molecule has 0 aromatic heterocycles. The summed E-state index contributed by atoms with van der Waals surface area (Å²) in [4.78, 5) is 29.6. The number of benzene rings is 1. The van der Waals surface area contributed by atoms with Crippen molar-refractivity contribution in [1.29, 1.82) is 0 Å². The van der Waals surface area contributed by atoms with E-state index in [9.17, 15) is 19.8 Å². The number of hydrogen-bond acceptors (Lipinski definition) is 5. The van der Waals surface area contributed by atoms with Gasteiger partial charge in [-0.3, -0.25) is 14.4 Å². The minimum Gasteiger partial charge on any atom is -0.390 e. The summed E-state index contributed by atoms with van der Waals surface area (Å²) in [5.74, 6) is -1.06. The average Bonchev–Trinajstić information content (AvgIpc) is 2.69. The SMILES string of the molecule is O=C1c2ccccc2C(=O)N1O[C@@H]1CCC[C@@H](O)[C@H]1O. The van der Waals surface area contributed by atoms with Crippen LogP contribution in [-0.2, 0) is 4.84 Å². The topological polar surface area (TPSA) is 87.1 Å². The number of carbonyl (C=O) groups is 2. The van der Waals surface area contributed by atoms with Gasteiger partial charge in [0.2, 0.25) is 0 Å². The van der Waals surface area contributed by atoms with Crippen LogP contribution < -0.4 is 0 Å². The highest BCUT2D eigenvalue weighted by Gasteiger charge is 2.41. The highest BCUT2D eigenvalue weighted by atomic mass is 16.7. The first kappa shape index (κ1) is 13.2. The van der Waals surface area contributed by atoms with E-state index in [4.69, 9.17) is 4.84 Å². The van der Waals surface area contributed by atoms with E-state index < -0.39 is 30.1 Å². The fourth-order valence-electron chi connectivity index (χ4n) is 2.63. The number of hydrogen-bond donors (Lipinski definition) is 2. The lowest BCUT2D eigenvalue weighted by Crippen LogP contribution is -2.47. The van der Waals surface area contributed by atoms with Gasteiger partial charge >= 0.3 is 0 Å². The molecule has 1 aromatic rings. The number of aliphatic hydroxyl groups excluding tert-OH is 2. The van der Waals surface area contributed by atoms with Gasteiger partial charge in [-0.2, -0.15) is 0 Å². The first-order chi connectivity index (χ1) is 9.59. The number of nitrogens with zero attached hydrogens (tertiary/aromatic N) is 1. The van der Waals surface area contributed by atoms with Crippen LogP contribution in [0.25, 0.3) is 0 Å². The normalized spacial score (nSPS) is 29.7. The third kappa shape index (κ3) is 2.02. The van der Waals surface area contributed by atoms with Crippen LogP contribution in [0.5, 0.6) is 0 Å². The number of fused-ring (bicyclic) bond motifs is 1. The van der Waals surface area contributed by atoms with E-state index in [-0.39, 0.29) is 0 Å². The lowest BCUT2D eigenvalue weighted by molar-refractivity contribution is -0.194. The number of aliphatic hydroxyl groups is 2. The highest BCUT2D eigenvalue weighted by molar-refractivity contribution is 6.20. The molecule has 0 unspecified atom stereocenters. The summed E-state index contributed by atoms with van der Waals surface area (Å²) >= 11 is 0. The first-order valence-electron chi connectivity index (χ1n) is 6.60. The average molecular weight is 277 g/mol.